The third-order valence-electron chi connectivity index (χ3n) is 2.93. The average molecular weight is 281 g/mol. The van der Waals surface area contributed by atoms with E-state index in [4.69, 9.17) is 11.6 Å². The second-order valence-corrected chi connectivity index (χ2v) is 5.84. The monoisotopic (exact) mass is 280 g/mol. The van der Waals surface area contributed by atoms with Gasteiger partial charge >= 0.3 is 0 Å². The molecule has 1 N–H and O–H groups in total. The van der Waals surface area contributed by atoms with Gasteiger partial charge in [0.25, 0.3) is 0 Å². The molecule has 2 aromatic rings. The van der Waals surface area contributed by atoms with Gasteiger partial charge in [0.1, 0.15) is 5.01 Å². The minimum atomic E-state index is 0.178. The molecule has 18 heavy (non-hydrogen) atoms. The third kappa shape index (κ3) is 3.31. The van der Waals surface area contributed by atoms with Crippen molar-refractivity contribution in [3.63, 3.8) is 0 Å². The molecule has 0 aliphatic rings. The van der Waals surface area contributed by atoms with Gasteiger partial charge in [0.15, 0.2) is 0 Å². The standard InChI is InChI=1S/C14H17ClN2S/c1-10-11(2)18-14(17-10)9-16-13(8-15)12-6-4-3-5-7-12/h3-7,13,16H,8-9H2,1-2H3. The minimum Gasteiger partial charge on any atom is -0.302 e. The lowest BCUT2D eigenvalue weighted by Gasteiger charge is -2.15. The van der Waals surface area contributed by atoms with Gasteiger partial charge in [-0.1, -0.05) is 30.3 Å². The highest BCUT2D eigenvalue weighted by atomic mass is 35.5. The molecule has 0 aliphatic carbocycles. The van der Waals surface area contributed by atoms with Gasteiger partial charge in [-0.2, -0.15) is 0 Å². The van der Waals surface area contributed by atoms with Gasteiger partial charge in [-0.05, 0) is 19.4 Å². The molecular formula is C14H17ClN2S. The molecule has 4 heteroatoms. The molecule has 1 heterocycles. The lowest BCUT2D eigenvalue weighted by Crippen LogP contribution is -2.22. The minimum absolute atomic E-state index is 0.178. The van der Waals surface area contributed by atoms with Crippen LogP contribution in [0.15, 0.2) is 30.3 Å². The highest BCUT2D eigenvalue weighted by Gasteiger charge is 2.10. The Morgan fingerprint density at radius 3 is 2.56 bits per heavy atom. The van der Waals surface area contributed by atoms with Crippen molar-refractivity contribution in [1.29, 1.82) is 0 Å². The average Bonchev–Trinajstić information content (AvgIpc) is 2.71. The number of rotatable bonds is 5. The molecule has 0 bridgehead atoms. The first-order chi connectivity index (χ1) is 8.70. The van der Waals surface area contributed by atoms with Crippen molar-refractivity contribution in [3.8, 4) is 0 Å². The Kier molecular flexibility index (Phi) is 4.75. The fourth-order valence-electron chi connectivity index (χ4n) is 1.77. The Labute approximate surface area is 117 Å². The van der Waals surface area contributed by atoms with E-state index >= 15 is 0 Å². The van der Waals surface area contributed by atoms with Gasteiger partial charge in [0.05, 0.1) is 5.69 Å². The van der Waals surface area contributed by atoms with Crippen LogP contribution in [0.4, 0.5) is 0 Å². The predicted octanol–water partition coefficient (Wildman–Crippen LogP) is 3.83. The molecule has 0 aliphatic heterocycles. The van der Waals surface area contributed by atoms with Crippen LogP contribution in [0.1, 0.15) is 27.2 Å². The molecule has 1 atom stereocenters. The number of aromatic nitrogens is 1. The summed E-state index contributed by atoms with van der Waals surface area (Å²) in [4.78, 5) is 5.81. The number of alkyl halides is 1. The van der Waals surface area contributed by atoms with Crippen LogP contribution < -0.4 is 5.32 Å². The molecule has 0 fully saturated rings. The van der Waals surface area contributed by atoms with Crippen LogP contribution in [0.2, 0.25) is 0 Å². The molecule has 1 aromatic heterocycles. The number of halogens is 1. The number of hydrogen-bond donors (Lipinski definition) is 1. The maximum absolute atomic E-state index is 6.03. The summed E-state index contributed by atoms with van der Waals surface area (Å²) < 4.78 is 0. The fourth-order valence-corrected chi connectivity index (χ4v) is 2.94. The molecule has 0 amide bonds. The molecule has 0 saturated heterocycles. The fraction of sp³-hybridized carbons (Fsp3) is 0.357. The van der Waals surface area contributed by atoms with E-state index in [-0.39, 0.29) is 6.04 Å². The van der Waals surface area contributed by atoms with Crippen molar-refractivity contribution in [2.45, 2.75) is 26.4 Å². The summed E-state index contributed by atoms with van der Waals surface area (Å²) in [7, 11) is 0. The van der Waals surface area contributed by atoms with Crippen molar-refractivity contribution in [3.05, 3.63) is 51.5 Å². The van der Waals surface area contributed by atoms with Crippen LogP contribution in [-0.2, 0) is 6.54 Å². The van der Waals surface area contributed by atoms with Crippen molar-refractivity contribution in [1.82, 2.24) is 10.3 Å². The smallest absolute Gasteiger partial charge is 0.107 e. The Morgan fingerprint density at radius 2 is 2.00 bits per heavy atom. The normalized spacial score (nSPS) is 12.6. The zero-order chi connectivity index (χ0) is 13.0. The lowest BCUT2D eigenvalue weighted by atomic mass is 10.1. The maximum atomic E-state index is 6.03. The predicted molar refractivity (Wildman–Crippen MR) is 78.3 cm³/mol. The Hall–Kier alpha value is -0.900. The van der Waals surface area contributed by atoms with Crippen molar-refractivity contribution in [2.75, 3.05) is 5.88 Å². The molecule has 96 valence electrons. The summed E-state index contributed by atoms with van der Waals surface area (Å²) in [5.41, 5.74) is 2.34. The first kappa shape index (κ1) is 13.5. The summed E-state index contributed by atoms with van der Waals surface area (Å²) >= 11 is 7.77. The van der Waals surface area contributed by atoms with Gasteiger partial charge in [-0.25, -0.2) is 4.98 Å². The third-order valence-corrected chi connectivity index (χ3v) is 4.31. The second-order valence-electron chi connectivity index (χ2n) is 4.25. The van der Waals surface area contributed by atoms with Crippen LogP contribution in [0.5, 0.6) is 0 Å². The highest BCUT2D eigenvalue weighted by Crippen LogP contribution is 2.19. The van der Waals surface area contributed by atoms with Gasteiger partial charge in [-0.15, -0.1) is 22.9 Å². The topological polar surface area (TPSA) is 24.9 Å². The van der Waals surface area contributed by atoms with Crippen molar-refractivity contribution >= 4 is 22.9 Å². The Morgan fingerprint density at radius 1 is 1.28 bits per heavy atom. The number of hydrogen-bond acceptors (Lipinski definition) is 3. The van der Waals surface area contributed by atoms with E-state index in [2.05, 4.69) is 29.4 Å². The molecular weight excluding hydrogens is 264 g/mol. The van der Waals surface area contributed by atoms with E-state index in [1.165, 1.54) is 10.4 Å². The Bertz CT molecular complexity index is 476. The molecule has 2 rings (SSSR count). The zero-order valence-electron chi connectivity index (χ0n) is 10.6. The largest absolute Gasteiger partial charge is 0.302 e. The molecule has 1 unspecified atom stereocenters. The van der Waals surface area contributed by atoms with Gasteiger partial charge in [0, 0.05) is 23.3 Å². The van der Waals surface area contributed by atoms with E-state index in [9.17, 15) is 0 Å². The number of aryl methyl sites for hydroxylation is 2. The zero-order valence-corrected chi connectivity index (χ0v) is 12.2. The van der Waals surface area contributed by atoms with Crippen LogP contribution in [0, 0.1) is 13.8 Å². The van der Waals surface area contributed by atoms with Crippen molar-refractivity contribution in [2.24, 2.45) is 0 Å². The Balaban J connectivity index is 1.99. The van der Waals surface area contributed by atoms with Crippen LogP contribution in [0.25, 0.3) is 0 Å². The van der Waals surface area contributed by atoms with Gasteiger partial charge in [-0.3, -0.25) is 0 Å². The first-order valence-electron chi connectivity index (χ1n) is 5.98. The van der Waals surface area contributed by atoms with Gasteiger partial charge < -0.3 is 5.32 Å². The number of benzene rings is 1. The van der Waals surface area contributed by atoms with E-state index in [0.29, 0.717) is 5.88 Å². The van der Waals surface area contributed by atoms with Crippen molar-refractivity contribution < 1.29 is 0 Å². The van der Waals surface area contributed by atoms with Crippen LogP contribution >= 0.6 is 22.9 Å². The van der Waals surface area contributed by atoms with Crippen LogP contribution in [-0.4, -0.2) is 10.9 Å². The summed E-state index contributed by atoms with van der Waals surface area (Å²) in [5, 5.41) is 4.58. The summed E-state index contributed by atoms with van der Waals surface area (Å²) in [6.07, 6.45) is 0. The van der Waals surface area contributed by atoms with E-state index in [1.54, 1.807) is 11.3 Å². The number of nitrogens with one attached hydrogen (secondary N) is 1. The molecule has 0 saturated carbocycles. The lowest BCUT2D eigenvalue weighted by molar-refractivity contribution is 0.577. The quantitative estimate of drug-likeness (QED) is 0.842. The SMILES string of the molecule is Cc1nc(CNC(CCl)c2ccccc2)sc1C. The van der Waals surface area contributed by atoms with Gasteiger partial charge in [0.2, 0.25) is 0 Å². The summed E-state index contributed by atoms with van der Waals surface area (Å²) in [5.74, 6) is 0.563. The first-order valence-corrected chi connectivity index (χ1v) is 7.33. The highest BCUT2D eigenvalue weighted by molar-refractivity contribution is 7.11. The summed E-state index contributed by atoms with van der Waals surface area (Å²) in [6.45, 7) is 4.92. The van der Waals surface area contributed by atoms with Crippen LogP contribution in [0.3, 0.4) is 0 Å². The molecule has 2 nitrogen and oxygen atoms in total. The maximum Gasteiger partial charge on any atom is 0.107 e. The molecule has 0 spiro atoms. The molecule has 0 radical (unpaired) electrons. The molecule has 1 aromatic carbocycles. The second kappa shape index (κ2) is 6.32. The van der Waals surface area contributed by atoms with E-state index in [0.717, 1.165) is 17.2 Å². The number of thiazole rings is 1. The number of nitrogens with zero attached hydrogens (tertiary/aromatic N) is 1. The van der Waals surface area contributed by atoms with E-state index < -0.39 is 0 Å². The summed E-state index contributed by atoms with van der Waals surface area (Å²) in [6, 6.07) is 10.5. The van der Waals surface area contributed by atoms with E-state index in [1.807, 2.05) is 25.1 Å².